The van der Waals surface area contributed by atoms with E-state index in [9.17, 15) is 13.6 Å². The number of carbonyl (C=O) groups excluding carboxylic acids is 1. The fraction of sp³-hybridized carbons (Fsp3) is 0.588. The Balaban J connectivity index is 1.58. The van der Waals surface area contributed by atoms with Gasteiger partial charge >= 0.3 is 0 Å². The topological polar surface area (TPSA) is 20.3 Å². The average molecular weight is 293 g/mol. The van der Waals surface area contributed by atoms with Gasteiger partial charge in [0.05, 0.1) is 12.1 Å². The molecule has 114 valence electrons. The molecule has 2 fully saturated rings. The monoisotopic (exact) mass is 293 g/mol. The van der Waals surface area contributed by atoms with Crippen LogP contribution in [0.25, 0.3) is 0 Å². The fourth-order valence-corrected chi connectivity index (χ4v) is 4.11. The van der Waals surface area contributed by atoms with Crippen LogP contribution in [0.5, 0.6) is 0 Å². The molecule has 2 aliphatic carbocycles. The van der Waals surface area contributed by atoms with Gasteiger partial charge in [-0.1, -0.05) is 6.42 Å². The highest BCUT2D eigenvalue weighted by Gasteiger charge is 2.39. The van der Waals surface area contributed by atoms with E-state index >= 15 is 0 Å². The van der Waals surface area contributed by atoms with Gasteiger partial charge in [-0.25, -0.2) is 8.78 Å². The van der Waals surface area contributed by atoms with Crippen LogP contribution in [0.1, 0.15) is 36.0 Å². The maximum absolute atomic E-state index is 13.6. The Bertz CT molecular complexity index is 546. The van der Waals surface area contributed by atoms with Crippen LogP contribution in [0.3, 0.4) is 0 Å². The van der Waals surface area contributed by atoms with Gasteiger partial charge in [0, 0.05) is 6.54 Å². The molecule has 0 radical (unpaired) electrons. The lowest BCUT2D eigenvalue weighted by Gasteiger charge is -2.26. The lowest BCUT2D eigenvalue weighted by atomic mass is 9.88. The maximum Gasteiger partial charge on any atom is 0.179 e. The van der Waals surface area contributed by atoms with Crippen molar-refractivity contribution in [3.63, 3.8) is 0 Å². The molecular weight excluding hydrogens is 272 g/mol. The molecular formula is C17H21F2NO. The van der Waals surface area contributed by atoms with Gasteiger partial charge in [-0.05, 0) is 62.3 Å². The summed E-state index contributed by atoms with van der Waals surface area (Å²) in [5, 5.41) is 0. The van der Waals surface area contributed by atoms with Crippen molar-refractivity contribution in [2.24, 2.45) is 17.8 Å². The number of hydrogen-bond acceptors (Lipinski definition) is 2. The quantitative estimate of drug-likeness (QED) is 0.774. The van der Waals surface area contributed by atoms with Crippen molar-refractivity contribution in [3.05, 3.63) is 35.4 Å². The van der Waals surface area contributed by atoms with E-state index in [1.165, 1.54) is 25.7 Å². The van der Waals surface area contributed by atoms with E-state index in [2.05, 4.69) is 0 Å². The molecule has 1 aromatic rings. The van der Waals surface area contributed by atoms with Crippen LogP contribution < -0.4 is 0 Å². The predicted molar refractivity (Wildman–Crippen MR) is 77.1 cm³/mol. The van der Waals surface area contributed by atoms with Crippen molar-refractivity contribution in [3.8, 4) is 0 Å². The van der Waals surface area contributed by atoms with E-state index in [4.69, 9.17) is 0 Å². The summed E-state index contributed by atoms with van der Waals surface area (Å²) in [4.78, 5) is 14.1. The number of nitrogens with zero attached hydrogens (tertiary/aromatic N) is 1. The molecule has 0 heterocycles. The SMILES string of the molecule is CN(CC(=O)c1cc(F)ccc1F)CC1CC2CCC1C2. The molecule has 21 heavy (non-hydrogen) atoms. The number of ketones is 1. The smallest absolute Gasteiger partial charge is 0.179 e. The third-order valence-electron chi connectivity index (χ3n) is 5.07. The summed E-state index contributed by atoms with van der Waals surface area (Å²) in [5.41, 5.74) is -0.144. The molecule has 4 heteroatoms. The standard InChI is InChI=1S/C17H21F2NO/c1-20(9-13-7-11-2-3-12(13)6-11)10-17(21)15-8-14(18)4-5-16(15)19/h4-5,8,11-13H,2-3,6-7,9-10H2,1H3. The van der Waals surface area contributed by atoms with Gasteiger partial charge in [-0.3, -0.25) is 9.69 Å². The summed E-state index contributed by atoms with van der Waals surface area (Å²) in [7, 11) is 1.89. The van der Waals surface area contributed by atoms with Crippen LogP contribution in [0, 0.1) is 29.4 Å². The summed E-state index contributed by atoms with van der Waals surface area (Å²) in [6.07, 6.45) is 5.27. The second-order valence-electron chi connectivity index (χ2n) is 6.68. The van der Waals surface area contributed by atoms with Crippen molar-refractivity contribution in [1.29, 1.82) is 0 Å². The molecule has 2 nitrogen and oxygen atoms in total. The first-order valence-corrected chi connectivity index (χ1v) is 7.69. The first-order chi connectivity index (χ1) is 10.0. The second-order valence-corrected chi connectivity index (χ2v) is 6.68. The van der Waals surface area contributed by atoms with Crippen molar-refractivity contribution < 1.29 is 13.6 Å². The van der Waals surface area contributed by atoms with E-state index in [0.717, 1.165) is 36.6 Å². The zero-order chi connectivity index (χ0) is 15.0. The molecule has 0 spiro atoms. The van der Waals surface area contributed by atoms with E-state index < -0.39 is 11.6 Å². The Hall–Kier alpha value is -1.29. The molecule has 0 N–H and O–H groups in total. The number of hydrogen-bond donors (Lipinski definition) is 0. The van der Waals surface area contributed by atoms with Crippen molar-refractivity contribution in [2.75, 3.05) is 20.1 Å². The summed E-state index contributed by atoms with van der Waals surface area (Å²) >= 11 is 0. The Labute approximate surface area is 124 Å². The number of likely N-dealkylation sites (N-methyl/N-ethyl adjacent to an activating group) is 1. The predicted octanol–water partition coefficient (Wildman–Crippen LogP) is 3.52. The molecule has 3 atom stereocenters. The fourth-order valence-electron chi connectivity index (χ4n) is 4.11. The van der Waals surface area contributed by atoms with Crippen LogP contribution in [0.4, 0.5) is 8.78 Å². The van der Waals surface area contributed by atoms with Crippen LogP contribution in [-0.4, -0.2) is 30.8 Å². The highest BCUT2D eigenvalue weighted by molar-refractivity contribution is 5.97. The number of Topliss-reactive ketones (excluding diaryl/α,β-unsaturated/α-hetero) is 1. The summed E-state index contributed by atoms with van der Waals surface area (Å²) < 4.78 is 26.7. The van der Waals surface area contributed by atoms with Crippen LogP contribution >= 0.6 is 0 Å². The lowest BCUT2D eigenvalue weighted by molar-refractivity contribution is 0.0924. The molecule has 1 aromatic carbocycles. The zero-order valence-electron chi connectivity index (χ0n) is 12.3. The summed E-state index contributed by atoms with van der Waals surface area (Å²) in [5.74, 6) is 0.782. The minimum absolute atomic E-state index is 0.144. The largest absolute Gasteiger partial charge is 0.299 e. The molecule has 3 unspecified atom stereocenters. The zero-order valence-corrected chi connectivity index (χ0v) is 12.3. The van der Waals surface area contributed by atoms with Gasteiger partial charge in [0.15, 0.2) is 5.78 Å². The Morgan fingerprint density at radius 3 is 2.76 bits per heavy atom. The lowest BCUT2D eigenvalue weighted by Crippen LogP contribution is -2.33. The Kier molecular flexibility index (Phi) is 4.07. The minimum atomic E-state index is -0.644. The highest BCUT2D eigenvalue weighted by atomic mass is 19.1. The molecule has 2 bridgehead atoms. The maximum atomic E-state index is 13.6. The van der Waals surface area contributed by atoms with E-state index in [-0.39, 0.29) is 17.9 Å². The number of fused-ring (bicyclic) bond motifs is 2. The molecule has 2 aliphatic rings. The van der Waals surface area contributed by atoms with Gasteiger partial charge in [0.2, 0.25) is 0 Å². The van der Waals surface area contributed by atoms with E-state index in [1.807, 2.05) is 11.9 Å². The number of benzene rings is 1. The van der Waals surface area contributed by atoms with E-state index in [0.29, 0.717) is 5.92 Å². The molecule has 0 aromatic heterocycles. The normalized spacial score (nSPS) is 27.5. The molecule has 0 saturated heterocycles. The first kappa shape index (κ1) is 14.6. The van der Waals surface area contributed by atoms with Crippen LogP contribution in [0.2, 0.25) is 0 Å². The van der Waals surface area contributed by atoms with Gasteiger partial charge in [-0.15, -0.1) is 0 Å². The van der Waals surface area contributed by atoms with Gasteiger partial charge in [-0.2, -0.15) is 0 Å². The van der Waals surface area contributed by atoms with Crippen LogP contribution in [-0.2, 0) is 0 Å². The molecule has 2 saturated carbocycles. The van der Waals surface area contributed by atoms with Gasteiger partial charge < -0.3 is 0 Å². The van der Waals surface area contributed by atoms with Crippen LogP contribution in [0.15, 0.2) is 18.2 Å². The Morgan fingerprint density at radius 1 is 1.29 bits per heavy atom. The number of carbonyl (C=O) groups is 1. The number of halogens is 2. The number of rotatable bonds is 5. The van der Waals surface area contributed by atoms with Gasteiger partial charge in [0.1, 0.15) is 11.6 Å². The summed E-state index contributed by atoms with van der Waals surface area (Å²) in [6, 6.07) is 3.03. The van der Waals surface area contributed by atoms with Gasteiger partial charge in [0.25, 0.3) is 0 Å². The van der Waals surface area contributed by atoms with Crippen molar-refractivity contribution in [2.45, 2.75) is 25.7 Å². The highest BCUT2D eigenvalue weighted by Crippen LogP contribution is 2.48. The molecule has 3 rings (SSSR count). The third-order valence-corrected chi connectivity index (χ3v) is 5.07. The first-order valence-electron chi connectivity index (χ1n) is 7.69. The summed E-state index contributed by atoms with van der Waals surface area (Å²) in [6.45, 7) is 1.03. The minimum Gasteiger partial charge on any atom is -0.299 e. The van der Waals surface area contributed by atoms with E-state index in [1.54, 1.807) is 0 Å². The third kappa shape index (κ3) is 3.15. The average Bonchev–Trinajstić information content (AvgIpc) is 3.03. The van der Waals surface area contributed by atoms with Crippen molar-refractivity contribution in [1.82, 2.24) is 4.90 Å². The molecule has 0 aliphatic heterocycles. The molecule has 0 amide bonds. The second kappa shape index (κ2) is 5.84. The van der Waals surface area contributed by atoms with Crippen molar-refractivity contribution >= 4 is 5.78 Å². The Morgan fingerprint density at radius 2 is 2.10 bits per heavy atom.